The molecule has 2 aromatic rings. The van der Waals surface area contributed by atoms with E-state index in [1.807, 2.05) is 12.1 Å². The molecule has 1 amide bonds. The number of likely N-dealkylation sites (N-methyl/N-ethyl adjacent to an activating group) is 1. The zero-order chi connectivity index (χ0) is 24.1. The van der Waals surface area contributed by atoms with E-state index in [4.69, 9.17) is 16.6 Å². The Morgan fingerprint density at radius 3 is 2.56 bits per heavy atom. The van der Waals surface area contributed by atoms with E-state index in [0.29, 0.717) is 12.2 Å². The summed E-state index contributed by atoms with van der Waals surface area (Å²) < 4.78 is 6.35. The molecule has 0 N–H and O–H groups in total. The van der Waals surface area contributed by atoms with Crippen molar-refractivity contribution in [3.8, 4) is 0 Å². The van der Waals surface area contributed by atoms with Crippen LogP contribution in [0.25, 0.3) is 0 Å². The molecule has 0 radical (unpaired) electrons. The lowest BCUT2D eigenvalue weighted by Gasteiger charge is -2.36. The van der Waals surface area contributed by atoms with Gasteiger partial charge < -0.3 is 14.2 Å². The van der Waals surface area contributed by atoms with Gasteiger partial charge in [0.25, 0.3) is 5.91 Å². The molecule has 0 bridgehead atoms. The molecular formula is C25H33N5O2S2. The van der Waals surface area contributed by atoms with Crippen LogP contribution in [0.4, 0.5) is 0 Å². The van der Waals surface area contributed by atoms with Gasteiger partial charge in [0.05, 0.1) is 18.1 Å². The Labute approximate surface area is 211 Å². The van der Waals surface area contributed by atoms with Crippen LogP contribution in [0.15, 0.2) is 52.2 Å². The van der Waals surface area contributed by atoms with Gasteiger partial charge in [-0.3, -0.25) is 9.69 Å². The number of benzene rings is 1. The van der Waals surface area contributed by atoms with Gasteiger partial charge in [-0.25, -0.2) is 5.01 Å². The molecule has 1 aromatic heterocycles. The van der Waals surface area contributed by atoms with Crippen molar-refractivity contribution >= 4 is 39.9 Å². The smallest absolute Gasteiger partial charge is 0.253 e. The Morgan fingerprint density at radius 2 is 1.91 bits per heavy atom. The first kappa shape index (κ1) is 24.9. The number of furan rings is 1. The molecule has 1 atom stereocenters. The molecule has 0 aliphatic carbocycles. The molecule has 4 rings (SSSR count). The molecule has 7 nitrogen and oxygen atoms in total. The van der Waals surface area contributed by atoms with Crippen molar-refractivity contribution in [2.45, 2.75) is 19.4 Å². The van der Waals surface area contributed by atoms with Crippen molar-refractivity contribution in [3.05, 3.63) is 59.5 Å². The maximum absolute atomic E-state index is 13.3. The van der Waals surface area contributed by atoms with Gasteiger partial charge in [-0.1, -0.05) is 53.8 Å². The zero-order valence-corrected chi connectivity index (χ0v) is 21.8. The van der Waals surface area contributed by atoms with E-state index in [1.165, 1.54) is 17.3 Å². The number of aryl methyl sites for hydroxylation is 1. The highest BCUT2D eigenvalue weighted by atomic mass is 32.2. The second-order valence-electron chi connectivity index (χ2n) is 9.08. The summed E-state index contributed by atoms with van der Waals surface area (Å²) >= 11 is 7.12. The van der Waals surface area contributed by atoms with Gasteiger partial charge in [-0.05, 0) is 38.7 Å². The first-order valence-electron chi connectivity index (χ1n) is 11.7. The highest BCUT2D eigenvalue weighted by molar-refractivity contribution is 8.23. The van der Waals surface area contributed by atoms with Crippen LogP contribution in [0.2, 0.25) is 0 Å². The van der Waals surface area contributed by atoms with Crippen LogP contribution in [0.3, 0.4) is 0 Å². The average molecular weight is 500 g/mol. The summed E-state index contributed by atoms with van der Waals surface area (Å²) in [5.74, 6) is 0.948. The molecule has 9 heteroatoms. The number of carbonyl (C=O) groups is 1. The molecule has 34 heavy (non-hydrogen) atoms. The SMILES string of the molecule is Cc1ccc(C2CC(c3ccco3)=NN2C(=O)CSC(=S)N2CCN(CCN(C)C)CC2)cc1. The fourth-order valence-electron chi connectivity index (χ4n) is 4.16. The Kier molecular flexibility index (Phi) is 8.41. The Balaban J connectivity index is 1.35. The van der Waals surface area contributed by atoms with E-state index >= 15 is 0 Å². The summed E-state index contributed by atoms with van der Waals surface area (Å²) in [6.07, 6.45) is 2.27. The summed E-state index contributed by atoms with van der Waals surface area (Å²) in [7, 11) is 4.20. The Morgan fingerprint density at radius 1 is 1.18 bits per heavy atom. The maximum Gasteiger partial charge on any atom is 0.253 e. The monoisotopic (exact) mass is 499 g/mol. The maximum atomic E-state index is 13.3. The lowest BCUT2D eigenvalue weighted by atomic mass is 10.00. The molecule has 1 saturated heterocycles. The van der Waals surface area contributed by atoms with Crippen LogP contribution < -0.4 is 0 Å². The molecule has 1 aromatic carbocycles. The lowest BCUT2D eigenvalue weighted by molar-refractivity contribution is -0.130. The summed E-state index contributed by atoms with van der Waals surface area (Å²) in [4.78, 5) is 20.2. The molecule has 1 unspecified atom stereocenters. The van der Waals surface area contributed by atoms with E-state index in [1.54, 1.807) is 11.3 Å². The van der Waals surface area contributed by atoms with Crippen molar-refractivity contribution < 1.29 is 9.21 Å². The Hall–Kier alpha value is -2.20. The van der Waals surface area contributed by atoms with Crippen LogP contribution in [0, 0.1) is 6.92 Å². The van der Waals surface area contributed by atoms with E-state index in [2.05, 4.69) is 65.1 Å². The zero-order valence-electron chi connectivity index (χ0n) is 20.1. The molecule has 0 spiro atoms. The van der Waals surface area contributed by atoms with E-state index in [9.17, 15) is 4.79 Å². The van der Waals surface area contributed by atoms with Crippen LogP contribution in [-0.4, -0.2) is 94.8 Å². The van der Waals surface area contributed by atoms with E-state index in [0.717, 1.165) is 54.9 Å². The van der Waals surface area contributed by atoms with Crippen LogP contribution in [-0.2, 0) is 4.79 Å². The molecule has 2 aliphatic rings. The third-order valence-electron chi connectivity index (χ3n) is 6.25. The summed E-state index contributed by atoms with van der Waals surface area (Å²) in [5.41, 5.74) is 3.06. The number of thioether (sulfide) groups is 1. The fourth-order valence-corrected chi connectivity index (χ4v) is 5.26. The standard InChI is InChI=1S/C25H33N5O2S2/c1-19-6-8-20(9-7-19)22-17-21(23-5-4-16-32-23)26-30(22)24(31)18-34-25(33)29-14-12-28(13-15-29)11-10-27(2)3/h4-9,16,22H,10-15,17-18H2,1-3H3. The minimum absolute atomic E-state index is 0.0379. The number of hydrazone groups is 1. The minimum Gasteiger partial charge on any atom is -0.463 e. The number of thiocarbonyl (C=S) groups is 1. The Bertz CT molecular complexity index is 999. The highest BCUT2D eigenvalue weighted by Gasteiger charge is 2.34. The molecule has 182 valence electrons. The van der Waals surface area contributed by atoms with Crippen molar-refractivity contribution in [3.63, 3.8) is 0 Å². The van der Waals surface area contributed by atoms with Crippen molar-refractivity contribution in [1.29, 1.82) is 0 Å². The summed E-state index contributed by atoms with van der Waals surface area (Å²) in [6, 6.07) is 11.9. The topological polar surface area (TPSA) is 55.5 Å². The number of rotatable bonds is 7. The molecular weight excluding hydrogens is 466 g/mol. The second kappa shape index (κ2) is 11.5. The predicted molar refractivity (Wildman–Crippen MR) is 142 cm³/mol. The number of hydrogen-bond donors (Lipinski definition) is 0. The molecule has 0 saturated carbocycles. The van der Waals surface area contributed by atoms with Gasteiger partial charge >= 0.3 is 0 Å². The van der Waals surface area contributed by atoms with Gasteiger partial charge in [0.1, 0.15) is 15.8 Å². The average Bonchev–Trinajstić information content (AvgIpc) is 3.52. The van der Waals surface area contributed by atoms with Crippen molar-refractivity contribution in [1.82, 2.24) is 19.7 Å². The third kappa shape index (κ3) is 6.27. The quantitative estimate of drug-likeness (QED) is 0.541. The number of nitrogens with zero attached hydrogens (tertiary/aromatic N) is 5. The van der Waals surface area contributed by atoms with Gasteiger partial charge in [0.15, 0.2) is 0 Å². The molecule has 1 fully saturated rings. The number of piperazine rings is 1. The van der Waals surface area contributed by atoms with Crippen molar-refractivity contribution in [2.24, 2.45) is 5.10 Å². The first-order valence-corrected chi connectivity index (χ1v) is 13.1. The summed E-state index contributed by atoms with van der Waals surface area (Å²) in [6.45, 7) is 8.01. The highest BCUT2D eigenvalue weighted by Crippen LogP contribution is 2.33. The van der Waals surface area contributed by atoms with Crippen molar-refractivity contribution in [2.75, 3.05) is 59.1 Å². The fraction of sp³-hybridized carbons (Fsp3) is 0.480. The van der Waals surface area contributed by atoms with Crippen LogP contribution in [0.1, 0.15) is 29.3 Å². The molecule has 2 aliphatic heterocycles. The second-order valence-corrected chi connectivity index (χ2v) is 10.7. The van der Waals surface area contributed by atoms with E-state index < -0.39 is 0 Å². The lowest BCUT2D eigenvalue weighted by Crippen LogP contribution is -2.49. The predicted octanol–water partition coefficient (Wildman–Crippen LogP) is 3.46. The van der Waals surface area contributed by atoms with Gasteiger partial charge in [0.2, 0.25) is 0 Å². The number of amides is 1. The normalized spacial score (nSPS) is 19.1. The van der Waals surface area contributed by atoms with Gasteiger partial charge in [0, 0.05) is 45.7 Å². The van der Waals surface area contributed by atoms with E-state index in [-0.39, 0.29) is 17.7 Å². The largest absolute Gasteiger partial charge is 0.463 e. The minimum atomic E-state index is -0.136. The van der Waals surface area contributed by atoms with Gasteiger partial charge in [-0.2, -0.15) is 5.10 Å². The van der Waals surface area contributed by atoms with Crippen LogP contribution >= 0.6 is 24.0 Å². The van der Waals surface area contributed by atoms with Crippen LogP contribution in [0.5, 0.6) is 0 Å². The number of hydrogen-bond acceptors (Lipinski definition) is 7. The third-order valence-corrected chi connectivity index (χ3v) is 7.75. The summed E-state index contributed by atoms with van der Waals surface area (Å²) in [5, 5.41) is 6.29. The number of carbonyl (C=O) groups excluding carboxylic acids is 1. The van der Waals surface area contributed by atoms with Gasteiger partial charge in [-0.15, -0.1) is 0 Å². The molecule has 3 heterocycles. The first-order chi connectivity index (χ1) is 16.4.